The molecule has 1 aliphatic carbocycles. The van der Waals surface area contributed by atoms with Gasteiger partial charge in [-0.3, -0.25) is 0 Å². The summed E-state index contributed by atoms with van der Waals surface area (Å²) in [4.78, 5) is 0. The average Bonchev–Trinajstić information content (AvgIpc) is 2.09. The van der Waals surface area contributed by atoms with Crippen molar-refractivity contribution in [2.45, 2.75) is 12.5 Å². The average molecular weight is 150 g/mol. The lowest BCUT2D eigenvalue weighted by Gasteiger charge is -2.35. The Kier molecular flexibility index (Phi) is 1.99. The fourth-order valence-electron chi connectivity index (χ4n) is 1.75. The van der Waals surface area contributed by atoms with Crippen LogP contribution in [0.5, 0.6) is 0 Å². The van der Waals surface area contributed by atoms with E-state index in [2.05, 4.69) is 5.32 Å². The van der Waals surface area contributed by atoms with Gasteiger partial charge in [0.15, 0.2) is 0 Å². The maximum Gasteiger partial charge on any atom is 0.0586 e. The topological polar surface area (TPSA) is 32.3 Å². The summed E-state index contributed by atoms with van der Waals surface area (Å²) in [6, 6.07) is 0. The first-order valence-corrected chi connectivity index (χ1v) is 3.26. The van der Waals surface area contributed by atoms with Crippen molar-refractivity contribution in [3.8, 4) is 0 Å². The number of aliphatic hydroxyl groups excluding tert-OH is 1. The van der Waals surface area contributed by atoms with Crippen LogP contribution >= 0.6 is 12.4 Å². The number of hydrogen-bond donors (Lipinski definition) is 2. The fraction of sp³-hybridized carbons (Fsp3) is 1.00. The van der Waals surface area contributed by atoms with Crippen molar-refractivity contribution in [2.24, 2.45) is 11.8 Å². The molecule has 2 nitrogen and oxygen atoms in total. The molecule has 0 radical (unpaired) electrons. The summed E-state index contributed by atoms with van der Waals surface area (Å²) in [5, 5.41) is 12.3. The standard InChI is InChI=1S/C6H11NO.ClH/c8-6-1-4-2-7-3-5(4)6;/h4-8H,1-3H2;1H/t4-,5+,6+;/m0./s1. The number of aliphatic hydroxyl groups is 1. The highest BCUT2D eigenvalue weighted by Crippen LogP contribution is 2.36. The van der Waals surface area contributed by atoms with E-state index in [0.29, 0.717) is 5.92 Å². The Morgan fingerprint density at radius 3 is 2.56 bits per heavy atom. The van der Waals surface area contributed by atoms with Gasteiger partial charge < -0.3 is 10.4 Å². The number of fused-ring (bicyclic) bond motifs is 1. The minimum absolute atomic E-state index is 0. The second kappa shape index (κ2) is 2.45. The predicted molar refractivity (Wildman–Crippen MR) is 37.7 cm³/mol. The van der Waals surface area contributed by atoms with Crippen molar-refractivity contribution in [3.63, 3.8) is 0 Å². The summed E-state index contributed by atoms with van der Waals surface area (Å²) in [7, 11) is 0. The van der Waals surface area contributed by atoms with Crippen molar-refractivity contribution in [3.05, 3.63) is 0 Å². The van der Waals surface area contributed by atoms with Gasteiger partial charge in [-0.25, -0.2) is 0 Å². The highest BCUT2D eigenvalue weighted by molar-refractivity contribution is 5.85. The van der Waals surface area contributed by atoms with Crippen molar-refractivity contribution in [2.75, 3.05) is 13.1 Å². The van der Waals surface area contributed by atoms with E-state index in [0.717, 1.165) is 25.4 Å². The third-order valence-corrected chi connectivity index (χ3v) is 2.43. The van der Waals surface area contributed by atoms with Crippen molar-refractivity contribution in [1.29, 1.82) is 0 Å². The Labute approximate surface area is 61.0 Å². The lowest BCUT2D eigenvalue weighted by atomic mass is 9.74. The molecule has 1 saturated heterocycles. The summed E-state index contributed by atoms with van der Waals surface area (Å²) < 4.78 is 0. The van der Waals surface area contributed by atoms with Crippen molar-refractivity contribution < 1.29 is 5.11 Å². The fourth-order valence-corrected chi connectivity index (χ4v) is 1.75. The highest BCUT2D eigenvalue weighted by Gasteiger charge is 2.42. The van der Waals surface area contributed by atoms with E-state index in [4.69, 9.17) is 5.11 Å². The third-order valence-electron chi connectivity index (χ3n) is 2.43. The van der Waals surface area contributed by atoms with Gasteiger partial charge in [-0.05, 0) is 18.9 Å². The first-order valence-electron chi connectivity index (χ1n) is 3.26. The maximum atomic E-state index is 9.08. The molecule has 0 unspecified atom stereocenters. The SMILES string of the molecule is Cl.O[C@@H]1C[C@H]2CNC[C@H]21. The largest absolute Gasteiger partial charge is 0.393 e. The van der Waals surface area contributed by atoms with E-state index < -0.39 is 0 Å². The Morgan fingerprint density at radius 1 is 1.33 bits per heavy atom. The molecule has 0 aromatic carbocycles. The minimum atomic E-state index is 0. The van der Waals surface area contributed by atoms with Crippen LogP contribution in [0.1, 0.15) is 6.42 Å². The second-order valence-electron chi connectivity index (χ2n) is 2.89. The summed E-state index contributed by atoms with van der Waals surface area (Å²) in [5.41, 5.74) is 0. The van der Waals surface area contributed by atoms with Gasteiger partial charge in [-0.1, -0.05) is 0 Å². The van der Waals surface area contributed by atoms with Gasteiger partial charge in [-0.2, -0.15) is 0 Å². The first-order chi connectivity index (χ1) is 3.88. The van der Waals surface area contributed by atoms with Crippen LogP contribution in [0.4, 0.5) is 0 Å². The molecule has 0 aromatic rings. The Hall–Kier alpha value is 0.210. The molecule has 2 aliphatic rings. The summed E-state index contributed by atoms with van der Waals surface area (Å²) >= 11 is 0. The van der Waals surface area contributed by atoms with E-state index in [1.165, 1.54) is 0 Å². The Balaban J connectivity index is 0.000000405. The van der Waals surface area contributed by atoms with Crippen LogP contribution in [0.25, 0.3) is 0 Å². The van der Waals surface area contributed by atoms with Gasteiger partial charge >= 0.3 is 0 Å². The molecule has 0 amide bonds. The highest BCUT2D eigenvalue weighted by atomic mass is 35.5. The Bertz CT molecular complexity index is 109. The van der Waals surface area contributed by atoms with Crippen LogP contribution in [-0.4, -0.2) is 24.3 Å². The molecule has 3 heteroatoms. The molecule has 2 rings (SSSR count). The molecule has 0 bridgehead atoms. The molecule has 1 saturated carbocycles. The van der Waals surface area contributed by atoms with Gasteiger partial charge in [0, 0.05) is 12.5 Å². The van der Waals surface area contributed by atoms with E-state index in [9.17, 15) is 0 Å². The Morgan fingerprint density at radius 2 is 2.11 bits per heavy atom. The lowest BCUT2D eigenvalue weighted by Crippen LogP contribution is -2.39. The number of hydrogen-bond acceptors (Lipinski definition) is 2. The zero-order valence-corrected chi connectivity index (χ0v) is 6.03. The van der Waals surface area contributed by atoms with Gasteiger partial charge in [0.1, 0.15) is 0 Å². The van der Waals surface area contributed by atoms with Crippen LogP contribution in [0.2, 0.25) is 0 Å². The number of halogens is 1. The molecular weight excluding hydrogens is 138 g/mol. The predicted octanol–water partition coefficient (Wildman–Crippen LogP) is 0.00840. The van der Waals surface area contributed by atoms with Crippen molar-refractivity contribution >= 4 is 12.4 Å². The maximum absolute atomic E-state index is 9.08. The molecule has 9 heavy (non-hydrogen) atoms. The normalized spacial score (nSPS) is 47.0. The van der Waals surface area contributed by atoms with Crippen LogP contribution in [-0.2, 0) is 0 Å². The van der Waals surface area contributed by atoms with Gasteiger partial charge in [0.2, 0.25) is 0 Å². The smallest absolute Gasteiger partial charge is 0.0586 e. The van der Waals surface area contributed by atoms with Gasteiger partial charge in [0.05, 0.1) is 6.10 Å². The summed E-state index contributed by atoms with van der Waals surface area (Å²) in [6.45, 7) is 2.19. The van der Waals surface area contributed by atoms with E-state index >= 15 is 0 Å². The number of nitrogens with one attached hydrogen (secondary N) is 1. The third kappa shape index (κ3) is 0.955. The lowest BCUT2D eigenvalue weighted by molar-refractivity contribution is -0.00403. The second-order valence-corrected chi connectivity index (χ2v) is 2.89. The molecular formula is C6H12ClNO. The summed E-state index contributed by atoms with van der Waals surface area (Å²) in [5.74, 6) is 1.42. The van der Waals surface area contributed by atoms with E-state index in [1.54, 1.807) is 0 Å². The molecule has 2 N–H and O–H groups in total. The van der Waals surface area contributed by atoms with Crippen LogP contribution in [0.15, 0.2) is 0 Å². The van der Waals surface area contributed by atoms with Gasteiger partial charge in [-0.15, -0.1) is 12.4 Å². The molecule has 0 spiro atoms. The molecule has 1 heterocycles. The molecule has 2 fully saturated rings. The minimum Gasteiger partial charge on any atom is -0.393 e. The molecule has 3 atom stereocenters. The van der Waals surface area contributed by atoms with E-state index in [1.807, 2.05) is 0 Å². The van der Waals surface area contributed by atoms with Crippen LogP contribution in [0, 0.1) is 11.8 Å². The zero-order valence-electron chi connectivity index (χ0n) is 5.21. The van der Waals surface area contributed by atoms with Crippen molar-refractivity contribution in [1.82, 2.24) is 5.32 Å². The number of rotatable bonds is 0. The monoisotopic (exact) mass is 149 g/mol. The summed E-state index contributed by atoms with van der Waals surface area (Å²) in [6.07, 6.45) is 1.06. The quantitative estimate of drug-likeness (QED) is 0.509. The molecule has 0 aromatic heterocycles. The first kappa shape index (κ1) is 7.32. The zero-order chi connectivity index (χ0) is 5.56. The molecule has 1 aliphatic heterocycles. The van der Waals surface area contributed by atoms with E-state index in [-0.39, 0.29) is 18.5 Å². The van der Waals surface area contributed by atoms with Crippen LogP contribution in [0.3, 0.4) is 0 Å². The van der Waals surface area contributed by atoms with Crippen LogP contribution < -0.4 is 5.32 Å². The molecule has 54 valence electrons. The van der Waals surface area contributed by atoms with Gasteiger partial charge in [0.25, 0.3) is 0 Å².